The van der Waals surface area contributed by atoms with Crippen molar-refractivity contribution in [1.82, 2.24) is 0 Å². The van der Waals surface area contributed by atoms with E-state index >= 15 is 0 Å². The second-order valence-corrected chi connectivity index (χ2v) is 14.5. The summed E-state index contributed by atoms with van der Waals surface area (Å²) >= 11 is 0. The van der Waals surface area contributed by atoms with E-state index < -0.39 is 0 Å². The van der Waals surface area contributed by atoms with Gasteiger partial charge in [0.25, 0.3) is 0 Å². The van der Waals surface area contributed by atoms with Crippen molar-refractivity contribution in [2.75, 3.05) is 13.2 Å². The molecule has 2 aliphatic carbocycles. The minimum absolute atomic E-state index is 0.835. The van der Waals surface area contributed by atoms with Crippen LogP contribution in [0.5, 0.6) is 0 Å². The van der Waals surface area contributed by atoms with Crippen LogP contribution in [0.2, 0.25) is 0 Å². The van der Waals surface area contributed by atoms with Crippen LogP contribution in [0, 0.1) is 11.8 Å². The molecule has 4 rings (SSSR count). The van der Waals surface area contributed by atoms with Crippen molar-refractivity contribution in [3.8, 4) is 0 Å². The van der Waals surface area contributed by atoms with Crippen LogP contribution in [0.15, 0.2) is 71.8 Å². The lowest BCUT2D eigenvalue weighted by molar-refractivity contribution is 0.169. The molecule has 2 aromatic carbocycles. The van der Waals surface area contributed by atoms with Crippen molar-refractivity contribution in [3.63, 3.8) is 0 Å². The summed E-state index contributed by atoms with van der Waals surface area (Å²) in [6.07, 6.45) is 33.8. The molecular weight excluding hydrogens is 544 g/mol. The molecule has 0 radical (unpaired) electrons. The number of benzene rings is 2. The molecule has 2 atom stereocenters. The molecule has 2 unspecified atom stereocenters. The Morgan fingerprint density at radius 2 is 0.867 bits per heavy atom. The lowest BCUT2D eigenvalue weighted by atomic mass is 9.85. The van der Waals surface area contributed by atoms with Crippen molar-refractivity contribution in [1.29, 1.82) is 0 Å². The SMILES string of the molecule is CCCCCCCc1ccc(CCC2CC=C(COCC3=CCC(CCc4ccc(CCCCCCC)cc4)CC3)CC2)cc1. The summed E-state index contributed by atoms with van der Waals surface area (Å²) in [6.45, 7) is 6.25. The van der Waals surface area contributed by atoms with Gasteiger partial charge in [-0.3, -0.25) is 0 Å². The van der Waals surface area contributed by atoms with Crippen LogP contribution in [0.1, 0.15) is 152 Å². The van der Waals surface area contributed by atoms with Gasteiger partial charge in [-0.2, -0.15) is 0 Å². The van der Waals surface area contributed by atoms with Gasteiger partial charge in [-0.1, -0.05) is 126 Å². The molecule has 2 aromatic rings. The minimum atomic E-state index is 0.835. The van der Waals surface area contributed by atoms with Gasteiger partial charge in [0, 0.05) is 0 Å². The normalized spacial score (nSPS) is 18.5. The molecule has 248 valence electrons. The summed E-state index contributed by atoms with van der Waals surface area (Å²) < 4.78 is 6.22. The van der Waals surface area contributed by atoms with Crippen LogP contribution in [-0.2, 0) is 30.4 Å². The zero-order valence-corrected chi connectivity index (χ0v) is 29.3. The summed E-state index contributed by atoms with van der Waals surface area (Å²) in [4.78, 5) is 0. The summed E-state index contributed by atoms with van der Waals surface area (Å²) in [5.41, 5.74) is 9.14. The smallest absolute Gasteiger partial charge is 0.0681 e. The number of unbranched alkanes of at least 4 members (excludes halogenated alkanes) is 8. The number of hydrogen-bond acceptors (Lipinski definition) is 1. The molecule has 0 bridgehead atoms. The van der Waals surface area contributed by atoms with Gasteiger partial charge < -0.3 is 4.74 Å². The first-order valence-corrected chi connectivity index (χ1v) is 19.3. The Morgan fingerprint density at radius 3 is 1.22 bits per heavy atom. The number of allylic oxidation sites excluding steroid dienone is 2. The van der Waals surface area contributed by atoms with Crippen molar-refractivity contribution in [2.24, 2.45) is 11.8 Å². The predicted molar refractivity (Wildman–Crippen MR) is 196 cm³/mol. The third kappa shape index (κ3) is 14.5. The Morgan fingerprint density at radius 1 is 0.489 bits per heavy atom. The third-order valence-corrected chi connectivity index (χ3v) is 10.7. The van der Waals surface area contributed by atoms with Crippen LogP contribution >= 0.6 is 0 Å². The molecule has 2 aliphatic rings. The topological polar surface area (TPSA) is 9.23 Å². The maximum absolute atomic E-state index is 6.22. The van der Waals surface area contributed by atoms with Gasteiger partial charge in [-0.25, -0.2) is 0 Å². The molecule has 0 amide bonds. The van der Waals surface area contributed by atoms with Gasteiger partial charge in [0.2, 0.25) is 0 Å². The lowest BCUT2D eigenvalue weighted by Gasteiger charge is -2.24. The van der Waals surface area contributed by atoms with E-state index in [0.717, 1.165) is 25.0 Å². The first kappa shape index (κ1) is 35.7. The lowest BCUT2D eigenvalue weighted by Crippen LogP contribution is -2.13. The second kappa shape index (κ2) is 21.6. The highest BCUT2D eigenvalue weighted by Gasteiger charge is 2.17. The highest BCUT2D eigenvalue weighted by molar-refractivity contribution is 5.24. The number of ether oxygens (including phenoxy) is 1. The molecule has 0 fully saturated rings. The Balaban J connectivity index is 1.03. The molecule has 1 nitrogen and oxygen atoms in total. The maximum Gasteiger partial charge on any atom is 0.0681 e. The van der Waals surface area contributed by atoms with Gasteiger partial charge in [-0.15, -0.1) is 0 Å². The van der Waals surface area contributed by atoms with Crippen molar-refractivity contribution >= 4 is 0 Å². The molecule has 0 spiro atoms. The molecule has 0 heterocycles. The number of hydrogen-bond donors (Lipinski definition) is 0. The van der Waals surface area contributed by atoms with Gasteiger partial charge in [0.1, 0.15) is 0 Å². The number of rotatable bonds is 22. The van der Waals surface area contributed by atoms with E-state index in [1.807, 2.05) is 0 Å². The Hall–Kier alpha value is -2.12. The first-order chi connectivity index (χ1) is 22.2. The third-order valence-electron chi connectivity index (χ3n) is 10.7. The van der Waals surface area contributed by atoms with Gasteiger partial charge in [-0.05, 0) is 135 Å². The largest absolute Gasteiger partial charge is 0.373 e. The highest BCUT2D eigenvalue weighted by atomic mass is 16.5. The fraction of sp³-hybridized carbons (Fsp3) is 0.636. The fourth-order valence-corrected chi connectivity index (χ4v) is 7.34. The molecular formula is C44H66O. The molecule has 45 heavy (non-hydrogen) atoms. The maximum atomic E-state index is 6.22. The predicted octanol–water partition coefficient (Wildman–Crippen LogP) is 12.7. The second-order valence-electron chi connectivity index (χ2n) is 14.5. The van der Waals surface area contributed by atoms with E-state index in [0.29, 0.717) is 0 Å². The average Bonchev–Trinajstić information content (AvgIpc) is 3.08. The summed E-state index contributed by atoms with van der Waals surface area (Å²) in [6, 6.07) is 19.1. The van der Waals surface area contributed by atoms with Gasteiger partial charge in [0.05, 0.1) is 13.2 Å². The van der Waals surface area contributed by atoms with Crippen molar-refractivity contribution in [3.05, 3.63) is 94.1 Å². The van der Waals surface area contributed by atoms with Gasteiger partial charge in [0.15, 0.2) is 0 Å². The quantitative estimate of drug-likeness (QED) is 0.0952. The van der Waals surface area contributed by atoms with Crippen LogP contribution in [-0.4, -0.2) is 13.2 Å². The molecule has 1 heteroatoms. The Kier molecular flexibility index (Phi) is 17.2. The van der Waals surface area contributed by atoms with E-state index in [-0.39, 0.29) is 0 Å². The fourth-order valence-electron chi connectivity index (χ4n) is 7.34. The highest BCUT2D eigenvalue weighted by Crippen LogP contribution is 2.30. The minimum Gasteiger partial charge on any atom is -0.373 e. The average molecular weight is 611 g/mol. The van der Waals surface area contributed by atoms with E-state index in [2.05, 4.69) is 74.5 Å². The zero-order valence-electron chi connectivity index (χ0n) is 29.3. The van der Waals surface area contributed by atoms with E-state index in [4.69, 9.17) is 4.74 Å². The van der Waals surface area contributed by atoms with E-state index in [9.17, 15) is 0 Å². The summed E-state index contributed by atoms with van der Waals surface area (Å²) in [5.74, 6) is 1.67. The van der Waals surface area contributed by atoms with Crippen molar-refractivity contribution in [2.45, 2.75) is 155 Å². The molecule has 0 saturated heterocycles. The number of aryl methyl sites for hydroxylation is 4. The standard InChI is InChI=1S/C44H66O/c1-3-5-7-9-11-13-37-15-19-39(20-16-37)23-25-41-27-31-43(32-28-41)35-45-36-44-33-29-42(30-34-44)26-24-40-21-17-38(18-22-40)14-12-10-8-6-4-2/h15-22,31,33,41-42H,3-14,23-30,32,34-36H2,1-2H3. The summed E-state index contributed by atoms with van der Waals surface area (Å²) in [7, 11) is 0. The Bertz CT molecular complexity index is 1020. The monoisotopic (exact) mass is 611 g/mol. The molecule has 0 aromatic heterocycles. The van der Waals surface area contributed by atoms with E-state index in [1.165, 1.54) is 175 Å². The summed E-state index contributed by atoms with van der Waals surface area (Å²) in [5, 5.41) is 0. The molecule has 0 N–H and O–H groups in total. The molecule has 0 aliphatic heterocycles. The Labute approximate surface area is 278 Å². The van der Waals surface area contributed by atoms with E-state index in [1.54, 1.807) is 0 Å². The molecule has 0 saturated carbocycles. The van der Waals surface area contributed by atoms with Gasteiger partial charge >= 0.3 is 0 Å². The van der Waals surface area contributed by atoms with Crippen molar-refractivity contribution < 1.29 is 4.74 Å². The van der Waals surface area contributed by atoms with Crippen LogP contribution < -0.4 is 0 Å². The van der Waals surface area contributed by atoms with Crippen LogP contribution in [0.25, 0.3) is 0 Å². The zero-order chi connectivity index (χ0) is 31.4. The van der Waals surface area contributed by atoms with Crippen LogP contribution in [0.3, 0.4) is 0 Å². The van der Waals surface area contributed by atoms with Crippen LogP contribution in [0.4, 0.5) is 0 Å². The first-order valence-electron chi connectivity index (χ1n) is 19.3.